The maximum atomic E-state index is 11.8. The Morgan fingerprint density at radius 3 is 2.00 bits per heavy atom. The second-order valence-corrected chi connectivity index (χ2v) is 5.14. The fraction of sp³-hybridized carbons (Fsp3) is 0.833. The zero-order valence-electron chi connectivity index (χ0n) is 8.29. The number of carbonyl (C=O) groups is 1. The van der Waals surface area contributed by atoms with Crippen LogP contribution in [0.1, 0.15) is 6.92 Å². The van der Waals surface area contributed by atoms with Crippen molar-refractivity contribution >= 4 is 13.5 Å². The number of rotatable bonds is 4. The summed E-state index contributed by atoms with van der Waals surface area (Å²) in [5.41, 5.74) is 0. The first-order valence-electron chi connectivity index (χ1n) is 3.76. The molecule has 0 aliphatic rings. The molecule has 90 valence electrons. The Bertz CT molecular complexity index is 272. The van der Waals surface area contributed by atoms with Crippen molar-refractivity contribution in [2.24, 2.45) is 0 Å². The Kier molecular flexibility index (Phi) is 4.76. The molecule has 0 fully saturated rings. The van der Waals surface area contributed by atoms with Crippen molar-refractivity contribution in [3.05, 3.63) is 0 Å². The van der Waals surface area contributed by atoms with Gasteiger partial charge in [-0.05, 0) is 6.92 Å². The van der Waals surface area contributed by atoms with E-state index in [1.54, 1.807) is 0 Å². The monoisotopic (exact) mass is 249 g/mol. The lowest BCUT2D eigenvalue weighted by Crippen LogP contribution is -2.42. The average Bonchev–Trinajstić information content (AvgIpc) is 2.14. The quantitative estimate of drug-likeness (QED) is 0.767. The molecule has 0 aromatic rings. The molecule has 0 aliphatic carbocycles. The van der Waals surface area contributed by atoms with Gasteiger partial charge in [0.2, 0.25) is 0 Å². The molecule has 0 aliphatic heterocycles. The van der Waals surface area contributed by atoms with E-state index in [9.17, 15) is 22.5 Å². The van der Waals surface area contributed by atoms with Gasteiger partial charge in [-0.25, -0.2) is 0 Å². The smallest absolute Gasteiger partial charge is 0.334 e. The molecule has 0 saturated carbocycles. The second-order valence-electron chi connectivity index (χ2n) is 2.55. The topological polar surface area (TPSA) is 64.6 Å². The summed E-state index contributed by atoms with van der Waals surface area (Å²) in [6, 6.07) is 0. The average molecular weight is 249 g/mol. The number of nitrogens with one attached hydrogen (secondary N) is 1. The third kappa shape index (κ3) is 3.81. The van der Waals surface area contributed by atoms with E-state index in [1.165, 1.54) is 5.32 Å². The van der Waals surface area contributed by atoms with E-state index in [-0.39, 0.29) is 0 Å². The van der Waals surface area contributed by atoms with Gasteiger partial charge in [-0.3, -0.25) is 9.36 Å². The summed E-state index contributed by atoms with van der Waals surface area (Å²) < 4.78 is 55.8. The first-order valence-corrected chi connectivity index (χ1v) is 5.37. The lowest BCUT2D eigenvalue weighted by Gasteiger charge is -2.22. The second kappa shape index (κ2) is 4.96. The fourth-order valence-electron chi connectivity index (χ4n) is 0.741. The van der Waals surface area contributed by atoms with Gasteiger partial charge in [-0.2, -0.15) is 13.2 Å². The number of hydrogen-bond donors (Lipinski definition) is 1. The summed E-state index contributed by atoms with van der Waals surface area (Å²) in [5.74, 6) is -3.56. The minimum Gasteiger partial charge on any atom is -0.334 e. The molecule has 0 aromatic carbocycles. The lowest BCUT2D eigenvalue weighted by atomic mass is 10.5. The summed E-state index contributed by atoms with van der Waals surface area (Å²) in [6.45, 7) is 1.09. The zero-order valence-corrected chi connectivity index (χ0v) is 9.19. The summed E-state index contributed by atoms with van der Waals surface area (Å²) in [7, 11) is -1.70. The number of carbonyl (C=O) groups excluding carboxylic acids is 1. The van der Waals surface area contributed by atoms with Crippen LogP contribution in [0.5, 0.6) is 0 Å². The molecule has 0 radical (unpaired) electrons. The largest absolute Gasteiger partial charge is 0.471 e. The molecule has 0 bridgehead atoms. The van der Waals surface area contributed by atoms with E-state index in [1.807, 2.05) is 0 Å². The van der Waals surface area contributed by atoms with E-state index in [0.29, 0.717) is 0 Å². The van der Waals surface area contributed by atoms with Crippen molar-refractivity contribution in [1.82, 2.24) is 5.32 Å². The number of alkyl halides is 3. The van der Waals surface area contributed by atoms with E-state index >= 15 is 0 Å². The Morgan fingerprint density at radius 2 is 1.73 bits per heavy atom. The van der Waals surface area contributed by atoms with E-state index in [2.05, 4.69) is 9.05 Å². The van der Waals surface area contributed by atoms with Crippen molar-refractivity contribution in [3.63, 3.8) is 0 Å². The first-order chi connectivity index (χ1) is 6.67. The molecule has 15 heavy (non-hydrogen) atoms. The highest BCUT2D eigenvalue weighted by Crippen LogP contribution is 2.50. The molecule has 0 heterocycles. The summed E-state index contributed by atoms with van der Waals surface area (Å²) in [6.07, 6.45) is -5.03. The maximum Gasteiger partial charge on any atom is 0.471 e. The van der Waals surface area contributed by atoms with E-state index in [4.69, 9.17) is 0 Å². The van der Waals surface area contributed by atoms with Crippen LogP contribution in [0.15, 0.2) is 0 Å². The fourth-order valence-corrected chi connectivity index (χ4v) is 1.80. The molecule has 0 saturated heterocycles. The van der Waals surface area contributed by atoms with Crippen molar-refractivity contribution in [1.29, 1.82) is 0 Å². The zero-order chi connectivity index (χ0) is 12.3. The lowest BCUT2D eigenvalue weighted by molar-refractivity contribution is -0.173. The predicted molar refractivity (Wildman–Crippen MR) is 45.3 cm³/mol. The molecule has 1 atom stereocenters. The van der Waals surface area contributed by atoms with Crippen LogP contribution in [0.3, 0.4) is 0 Å². The van der Waals surface area contributed by atoms with Gasteiger partial charge in [0, 0.05) is 14.2 Å². The molecular weight excluding hydrogens is 238 g/mol. The van der Waals surface area contributed by atoms with Gasteiger partial charge in [0.15, 0.2) is 0 Å². The van der Waals surface area contributed by atoms with Crippen molar-refractivity contribution in [2.45, 2.75) is 18.9 Å². The highest BCUT2D eigenvalue weighted by Gasteiger charge is 2.42. The SMILES string of the molecule is COP(=O)(OC)C(C)NC(=O)C(F)(F)F. The number of amides is 1. The van der Waals surface area contributed by atoms with Crippen LogP contribution in [-0.4, -0.2) is 32.1 Å². The van der Waals surface area contributed by atoms with Crippen LogP contribution >= 0.6 is 7.60 Å². The van der Waals surface area contributed by atoms with Crippen LogP contribution in [0.25, 0.3) is 0 Å². The third-order valence-corrected chi connectivity index (χ3v) is 3.68. The minimum absolute atomic E-state index is 1.01. The summed E-state index contributed by atoms with van der Waals surface area (Å²) in [4.78, 5) is 10.5. The normalized spacial score (nSPS) is 14.8. The molecule has 1 unspecified atom stereocenters. The Morgan fingerprint density at radius 1 is 1.33 bits per heavy atom. The van der Waals surface area contributed by atoms with Crippen molar-refractivity contribution in [2.75, 3.05) is 14.2 Å². The van der Waals surface area contributed by atoms with Gasteiger partial charge >= 0.3 is 19.7 Å². The van der Waals surface area contributed by atoms with E-state index < -0.39 is 25.5 Å². The van der Waals surface area contributed by atoms with Gasteiger partial charge in [0.1, 0.15) is 5.78 Å². The van der Waals surface area contributed by atoms with Crippen LogP contribution in [0.4, 0.5) is 13.2 Å². The standard InChI is InChI=1S/C6H11F3NO4P/c1-4(15(12,13-2)14-3)10-5(11)6(7,8)9/h4H,1-3H3,(H,10,11). The van der Waals surface area contributed by atoms with Crippen molar-refractivity contribution in [3.8, 4) is 0 Å². The summed E-state index contributed by atoms with van der Waals surface area (Å²) >= 11 is 0. The highest BCUT2D eigenvalue weighted by atomic mass is 31.2. The minimum atomic E-state index is -5.03. The summed E-state index contributed by atoms with van der Waals surface area (Å²) in [5, 5.41) is 1.49. The van der Waals surface area contributed by atoms with Gasteiger partial charge in [0.25, 0.3) is 0 Å². The third-order valence-electron chi connectivity index (χ3n) is 1.58. The van der Waals surface area contributed by atoms with E-state index in [0.717, 1.165) is 21.1 Å². The highest BCUT2D eigenvalue weighted by molar-refractivity contribution is 7.54. The molecule has 9 heteroatoms. The van der Waals surface area contributed by atoms with Crippen molar-refractivity contribution < 1.29 is 31.6 Å². The van der Waals surface area contributed by atoms with Crippen LogP contribution in [0.2, 0.25) is 0 Å². The van der Waals surface area contributed by atoms with Gasteiger partial charge < -0.3 is 14.4 Å². The molecule has 0 spiro atoms. The first kappa shape index (κ1) is 14.4. The molecule has 0 rings (SSSR count). The Balaban J connectivity index is 4.57. The van der Waals surface area contributed by atoms with Gasteiger partial charge in [0.05, 0.1) is 0 Å². The molecule has 0 aromatic heterocycles. The van der Waals surface area contributed by atoms with Crippen LogP contribution < -0.4 is 5.32 Å². The number of halogens is 3. The molecule has 5 nitrogen and oxygen atoms in total. The van der Waals surface area contributed by atoms with Crippen LogP contribution in [-0.2, 0) is 18.4 Å². The number of hydrogen-bond acceptors (Lipinski definition) is 4. The van der Waals surface area contributed by atoms with Gasteiger partial charge in [-0.15, -0.1) is 0 Å². The Hall–Kier alpha value is -0.590. The van der Waals surface area contributed by atoms with Gasteiger partial charge in [-0.1, -0.05) is 0 Å². The predicted octanol–water partition coefficient (Wildman–Crippen LogP) is 1.50. The maximum absolute atomic E-state index is 11.8. The molecule has 1 N–H and O–H groups in total. The molecular formula is C6H11F3NO4P. The van der Waals surface area contributed by atoms with Crippen LogP contribution in [0, 0.1) is 0 Å². The molecule has 1 amide bonds. The Labute approximate surface area is 84.5 Å².